The van der Waals surface area contributed by atoms with E-state index in [1.165, 1.54) is 6.42 Å². The molecular formula is C14H19N3OS. The fraction of sp³-hybridized carbons (Fsp3) is 0.429. The van der Waals surface area contributed by atoms with E-state index < -0.39 is 5.91 Å². The number of amidine groups is 1. The third kappa shape index (κ3) is 3.99. The maximum atomic E-state index is 11.0. The van der Waals surface area contributed by atoms with E-state index in [0.717, 1.165) is 17.4 Å². The Bertz CT molecular complexity index is 482. The van der Waals surface area contributed by atoms with Gasteiger partial charge in [-0.25, -0.2) is 0 Å². The first kappa shape index (κ1) is 13.9. The molecule has 1 unspecified atom stereocenters. The lowest BCUT2D eigenvalue weighted by molar-refractivity contribution is 0.100. The van der Waals surface area contributed by atoms with Gasteiger partial charge in [0.25, 0.3) is 0 Å². The van der Waals surface area contributed by atoms with Crippen LogP contribution in [-0.2, 0) is 0 Å². The van der Waals surface area contributed by atoms with Gasteiger partial charge in [0.15, 0.2) is 5.17 Å². The van der Waals surface area contributed by atoms with Crippen LogP contribution in [0, 0.1) is 5.92 Å². The zero-order valence-electron chi connectivity index (χ0n) is 11.2. The third-order valence-electron chi connectivity index (χ3n) is 2.87. The molecule has 1 aromatic carbocycles. The summed E-state index contributed by atoms with van der Waals surface area (Å²) in [6.45, 7) is 5.34. The van der Waals surface area contributed by atoms with E-state index in [1.807, 2.05) is 12.1 Å². The molecule has 0 radical (unpaired) electrons. The molecular weight excluding hydrogens is 258 g/mol. The van der Waals surface area contributed by atoms with E-state index in [9.17, 15) is 4.79 Å². The van der Waals surface area contributed by atoms with E-state index in [4.69, 9.17) is 5.73 Å². The molecule has 5 heteroatoms. The molecule has 102 valence electrons. The summed E-state index contributed by atoms with van der Waals surface area (Å²) in [5.41, 5.74) is 6.65. The molecule has 3 N–H and O–H groups in total. The van der Waals surface area contributed by atoms with Crippen molar-refractivity contribution >= 4 is 28.5 Å². The molecule has 19 heavy (non-hydrogen) atoms. The third-order valence-corrected chi connectivity index (χ3v) is 4.00. The number of nitrogens with two attached hydrogens (primary N) is 1. The molecule has 0 bridgehead atoms. The molecule has 0 saturated carbocycles. The summed E-state index contributed by atoms with van der Waals surface area (Å²) in [5.74, 6) is 0.290. The number of carbonyl (C=O) groups is 1. The summed E-state index contributed by atoms with van der Waals surface area (Å²) >= 11 is 1.79. The molecule has 1 aliphatic rings. The van der Waals surface area contributed by atoms with E-state index in [-0.39, 0.29) is 0 Å². The Morgan fingerprint density at radius 2 is 2.16 bits per heavy atom. The Morgan fingerprint density at radius 3 is 2.74 bits per heavy atom. The smallest absolute Gasteiger partial charge is 0.248 e. The number of primary amides is 1. The first-order valence-corrected chi connectivity index (χ1v) is 7.30. The van der Waals surface area contributed by atoms with Crippen LogP contribution < -0.4 is 11.1 Å². The first-order valence-electron chi connectivity index (χ1n) is 6.42. The van der Waals surface area contributed by atoms with Crippen molar-refractivity contribution in [2.45, 2.75) is 25.5 Å². The van der Waals surface area contributed by atoms with Crippen molar-refractivity contribution in [3.05, 3.63) is 29.8 Å². The van der Waals surface area contributed by atoms with Gasteiger partial charge in [-0.2, -0.15) is 0 Å². The highest BCUT2D eigenvalue weighted by Crippen LogP contribution is 2.27. The van der Waals surface area contributed by atoms with Crippen LogP contribution >= 0.6 is 11.8 Å². The summed E-state index contributed by atoms with van der Waals surface area (Å²) in [5, 5.41) is 4.80. The molecule has 1 heterocycles. The highest BCUT2D eigenvalue weighted by atomic mass is 32.2. The van der Waals surface area contributed by atoms with Gasteiger partial charge in [-0.15, -0.1) is 0 Å². The van der Waals surface area contributed by atoms with Crippen LogP contribution in [0.1, 0.15) is 30.6 Å². The lowest BCUT2D eigenvalue weighted by Gasteiger charge is -2.11. The van der Waals surface area contributed by atoms with Crippen molar-refractivity contribution in [2.75, 3.05) is 11.9 Å². The van der Waals surface area contributed by atoms with E-state index in [2.05, 4.69) is 24.2 Å². The fourth-order valence-corrected chi connectivity index (χ4v) is 3.25. The van der Waals surface area contributed by atoms with Crippen LogP contribution in [0.2, 0.25) is 0 Å². The van der Waals surface area contributed by atoms with E-state index in [0.29, 0.717) is 16.7 Å². The summed E-state index contributed by atoms with van der Waals surface area (Å²) in [6.07, 6.45) is 1.18. The maximum absolute atomic E-state index is 11.0. The molecule has 0 aromatic heterocycles. The van der Waals surface area contributed by atoms with E-state index >= 15 is 0 Å². The second-order valence-electron chi connectivity index (χ2n) is 5.08. The molecule has 0 spiro atoms. The van der Waals surface area contributed by atoms with Crippen LogP contribution in [0.4, 0.5) is 5.69 Å². The number of hydrogen-bond donors (Lipinski definition) is 2. The molecule has 1 aliphatic heterocycles. The van der Waals surface area contributed by atoms with Crippen LogP contribution in [0.25, 0.3) is 0 Å². The Labute approximate surface area is 117 Å². The van der Waals surface area contributed by atoms with Crippen LogP contribution in [0.5, 0.6) is 0 Å². The van der Waals surface area contributed by atoms with Crippen LogP contribution in [-0.4, -0.2) is 22.9 Å². The van der Waals surface area contributed by atoms with Gasteiger partial charge >= 0.3 is 0 Å². The summed E-state index contributed by atoms with van der Waals surface area (Å²) in [7, 11) is 0. The molecule has 1 atom stereocenters. The van der Waals surface area contributed by atoms with Gasteiger partial charge in [-0.05, 0) is 36.6 Å². The van der Waals surface area contributed by atoms with Crippen molar-refractivity contribution in [1.29, 1.82) is 0 Å². The molecule has 0 fully saturated rings. The summed E-state index contributed by atoms with van der Waals surface area (Å²) in [4.78, 5) is 15.5. The summed E-state index contributed by atoms with van der Waals surface area (Å²) < 4.78 is 0. The Kier molecular flexibility index (Phi) is 4.47. The van der Waals surface area contributed by atoms with Crippen molar-refractivity contribution < 1.29 is 4.79 Å². The number of rotatable bonds is 4. The largest absolute Gasteiger partial charge is 0.366 e. The Morgan fingerprint density at radius 1 is 1.47 bits per heavy atom. The van der Waals surface area contributed by atoms with Crippen molar-refractivity contribution in [3.63, 3.8) is 0 Å². The molecule has 0 saturated heterocycles. The predicted octanol–water partition coefficient (Wildman–Crippen LogP) is 2.71. The SMILES string of the molecule is CC(C)CC1CN=C(Nc2ccc(C(N)=O)cc2)S1. The average Bonchev–Trinajstić information content (AvgIpc) is 2.76. The van der Waals surface area contributed by atoms with Gasteiger partial charge in [0, 0.05) is 16.5 Å². The zero-order chi connectivity index (χ0) is 13.8. The van der Waals surface area contributed by atoms with Gasteiger partial charge in [0.1, 0.15) is 0 Å². The number of aliphatic imine (C=N–C) groups is 1. The number of amides is 1. The minimum absolute atomic E-state index is 0.406. The average molecular weight is 277 g/mol. The normalized spacial score (nSPS) is 18.5. The number of nitrogens with zero attached hydrogens (tertiary/aromatic N) is 1. The van der Waals surface area contributed by atoms with Crippen molar-refractivity contribution in [1.82, 2.24) is 0 Å². The monoisotopic (exact) mass is 277 g/mol. The molecule has 4 nitrogen and oxygen atoms in total. The van der Waals surface area contributed by atoms with Crippen LogP contribution in [0.15, 0.2) is 29.3 Å². The predicted molar refractivity (Wildman–Crippen MR) is 81.7 cm³/mol. The fourth-order valence-electron chi connectivity index (χ4n) is 1.98. The van der Waals surface area contributed by atoms with Crippen LogP contribution in [0.3, 0.4) is 0 Å². The minimum Gasteiger partial charge on any atom is -0.366 e. The highest BCUT2D eigenvalue weighted by Gasteiger charge is 2.20. The topological polar surface area (TPSA) is 67.5 Å². The molecule has 1 amide bonds. The number of hydrogen-bond acceptors (Lipinski definition) is 4. The number of anilines is 1. The highest BCUT2D eigenvalue weighted by molar-refractivity contribution is 8.15. The first-order chi connectivity index (χ1) is 9.04. The van der Waals surface area contributed by atoms with Crippen molar-refractivity contribution in [2.24, 2.45) is 16.6 Å². The lowest BCUT2D eigenvalue weighted by Crippen LogP contribution is -2.11. The standard InChI is InChI=1S/C14H19N3OS/c1-9(2)7-12-8-16-14(19-12)17-11-5-3-10(4-6-11)13(15)18/h3-6,9,12H,7-8H2,1-2H3,(H2,15,18)(H,16,17). The number of nitrogens with one attached hydrogen (secondary N) is 1. The van der Waals surface area contributed by atoms with Gasteiger partial charge in [0.05, 0.1) is 6.54 Å². The van der Waals surface area contributed by atoms with Gasteiger partial charge in [-0.1, -0.05) is 25.6 Å². The molecule has 1 aromatic rings. The maximum Gasteiger partial charge on any atom is 0.248 e. The van der Waals surface area contributed by atoms with Gasteiger partial charge < -0.3 is 11.1 Å². The van der Waals surface area contributed by atoms with E-state index in [1.54, 1.807) is 23.9 Å². The van der Waals surface area contributed by atoms with Gasteiger partial charge in [0.2, 0.25) is 5.91 Å². The quantitative estimate of drug-likeness (QED) is 0.889. The molecule has 2 rings (SSSR count). The Hall–Kier alpha value is -1.49. The summed E-state index contributed by atoms with van der Waals surface area (Å²) in [6, 6.07) is 7.13. The Balaban J connectivity index is 1.90. The second-order valence-corrected chi connectivity index (χ2v) is 6.37. The zero-order valence-corrected chi connectivity index (χ0v) is 12.0. The lowest BCUT2D eigenvalue weighted by atomic mass is 10.1. The van der Waals surface area contributed by atoms with Crippen molar-refractivity contribution in [3.8, 4) is 0 Å². The number of thioether (sulfide) groups is 1. The minimum atomic E-state index is -0.406. The van der Waals surface area contributed by atoms with Gasteiger partial charge in [-0.3, -0.25) is 9.79 Å². The number of carbonyl (C=O) groups excluding carboxylic acids is 1. The second kappa shape index (κ2) is 6.10. The number of benzene rings is 1. The molecule has 0 aliphatic carbocycles.